The first kappa shape index (κ1) is 18.6. The largest absolute Gasteiger partial charge is 0.378 e. The maximum Gasteiger partial charge on any atom is 0.250 e. The molecule has 0 aliphatic carbocycles. The van der Waals surface area contributed by atoms with Crippen LogP contribution in [0.3, 0.4) is 0 Å². The normalized spacial score (nSPS) is 15.0. The van der Waals surface area contributed by atoms with Crippen LogP contribution in [-0.4, -0.2) is 60.7 Å². The Balaban J connectivity index is 1.76. The van der Waals surface area contributed by atoms with Crippen LogP contribution >= 0.6 is 0 Å². The van der Waals surface area contributed by atoms with Crippen molar-refractivity contribution in [2.75, 3.05) is 37.5 Å². The minimum Gasteiger partial charge on any atom is -0.378 e. The summed E-state index contributed by atoms with van der Waals surface area (Å²) < 4.78 is 31.2. The van der Waals surface area contributed by atoms with E-state index in [0.717, 1.165) is 23.1 Å². The Morgan fingerprint density at radius 2 is 1.79 bits per heavy atom. The third kappa shape index (κ3) is 3.90. The number of hydrogen-bond acceptors (Lipinski definition) is 7. The molecular weight excluding hydrogens is 378 g/mol. The summed E-state index contributed by atoms with van der Waals surface area (Å²) in [5.74, 6) is 0.970. The second-order valence-electron chi connectivity index (χ2n) is 6.75. The lowest BCUT2D eigenvalue weighted by Gasteiger charge is -2.28. The molecule has 3 aromatic rings. The quantitative estimate of drug-likeness (QED) is 0.619. The van der Waals surface area contributed by atoms with Crippen LogP contribution in [0, 0.1) is 6.92 Å². The molecule has 4 rings (SSSR count). The van der Waals surface area contributed by atoms with Crippen molar-refractivity contribution < 1.29 is 13.2 Å². The number of anilines is 1. The Hall–Kier alpha value is -2.78. The molecule has 2 aromatic heterocycles. The maximum atomic E-state index is 12.1. The number of aryl methyl sites for hydroxylation is 1. The van der Waals surface area contributed by atoms with Gasteiger partial charge in [0.15, 0.2) is 5.82 Å². The highest BCUT2D eigenvalue weighted by Gasteiger charge is 2.20. The molecule has 0 bridgehead atoms. The van der Waals surface area contributed by atoms with Crippen molar-refractivity contribution in [2.45, 2.75) is 12.1 Å². The van der Waals surface area contributed by atoms with Crippen molar-refractivity contribution in [3.8, 4) is 17.1 Å². The van der Waals surface area contributed by atoms with Crippen LogP contribution < -0.4 is 4.90 Å². The number of nitrogens with zero attached hydrogens (tertiary/aromatic N) is 5. The first-order valence-corrected chi connectivity index (χ1v) is 10.8. The fraction of sp³-hybridized carbons (Fsp3) is 0.316. The third-order valence-electron chi connectivity index (χ3n) is 4.48. The molecule has 1 aliphatic heterocycles. The number of hydrogen-bond donors (Lipinski definition) is 0. The second kappa shape index (κ2) is 7.33. The van der Waals surface area contributed by atoms with Gasteiger partial charge in [-0.25, -0.2) is 18.1 Å². The molecule has 1 fully saturated rings. The van der Waals surface area contributed by atoms with Gasteiger partial charge >= 0.3 is 0 Å². The fourth-order valence-electron chi connectivity index (χ4n) is 3.05. The molecular formula is C19H21N5O3S. The molecule has 1 aliphatic rings. The highest BCUT2D eigenvalue weighted by atomic mass is 32.2. The number of morpholine rings is 1. The lowest BCUT2D eigenvalue weighted by Crippen LogP contribution is -2.37. The van der Waals surface area contributed by atoms with E-state index in [2.05, 4.69) is 15.1 Å². The number of sulfone groups is 1. The van der Waals surface area contributed by atoms with Crippen LogP contribution in [0.25, 0.3) is 17.1 Å². The second-order valence-corrected chi connectivity index (χ2v) is 8.66. The summed E-state index contributed by atoms with van der Waals surface area (Å²) in [7, 11) is -3.57. The highest BCUT2D eigenvalue weighted by molar-refractivity contribution is 7.90. The van der Waals surface area contributed by atoms with Gasteiger partial charge < -0.3 is 9.64 Å². The first-order chi connectivity index (χ1) is 13.4. The summed E-state index contributed by atoms with van der Waals surface area (Å²) in [6.07, 6.45) is 2.88. The Bertz CT molecular complexity index is 1100. The zero-order valence-electron chi connectivity index (χ0n) is 15.7. The van der Waals surface area contributed by atoms with Crippen molar-refractivity contribution in [2.24, 2.45) is 0 Å². The molecule has 0 N–H and O–H groups in total. The Morgan fingerprint density at radius 1 is 1.04 bits per heavy atom. The standard InChI is InChI=1S/C19H21N5O3S/c1-14-4-3-5-15(12-14)16-6-7-24(22-16)18-13-17(23-8-10-27-11-9-23)20-19(21-18)28(2,25)26/h3-7,12-13H,8-11H2,1-2H3. The SMILES string of the molecule is Cc1cccc(-c2ccn(-c3cc(N4CCOCC4)nc(S(C)(=O)=O)n3)n2)c1. The average Bonchev–Trinajstić information content (AvgIpc) is 3.18. The van der Waals surface area contributed by atoms with Gasteiger partial charge in [-0.2, -0.15) is 10.1 Å². The molecule has 1 aromatic carbocycles. The van der Waals surface area contributed by atoms with Gasteiger partial charge in [-0.1, -0.05) is 23.8 Å². The van der Waals surface area contributed by atoms with E-state index >= 15 is 0 Å². The smallest absolute Gasteiger partial charge is 0.250 e. The van der Waals surface area contributed by atoms with E-state index in [1.165, 1.54) is 0 Å². The highest BCUT2D eigenvalue weighted by Crippen LogP contribution is 2.22. The van der Waals surface area contributed by atoms with Crippen LogP contribution in [0.4, 0.5) is 5.82 Å². The van der Waals surface area contributed by atoms with Crippen molar-refractivity contribution >= 4 is 15.7 Å². The molecule has 0 radical (unpaired) electrons. The fourth-order valence-corrected chi connectivity index (χ4v) is 3.57. The molecule has 9 heteroatoms. The van der Waals surface area contributed by atoms with E-state index in [4.69, 9.17) is 4.74 Å². The van der Waals surface area contributed by atoms with Crippen molar-refractivity contribution in [1.82, 2.24) is 19.7 Å². The number of ether oxygens (including phenoxy) is 1. The van der Waals surface area contributed by atoms with Gasteiger partial charge in [0.05, 0.1) is 18.9 Å². The van der Waals surface area contributed by atoms with Gasteiger partial charge in [-0.15, -0.1) is 0 Å². The van der Waals surface area contributed by atoms with E-state index in [-0.39, 0.29) is 5.16 Å². The van der Waals surface area contributed by atoms with Crippen molar-refractivity contribution in [1.29, 1.82) is 0 Å². The van der Waals surface area contributed by atoms with Crippen LogP contribution in [0.15, 0.2) is 47.8 Å². The van der Waals surface area contributed by atoms with Gasteiger partial charge in [-0.05, 0) is 19.1 Å². The summed E-state index contributed by atoms with van der Waals surface area (Å²) in [5, 5.41) is 4.38. The minimum atomic E-state index is -3.57. The summed E-state index contributed by atoms with van der Waals surface area (Å²) in [4.78, 5) is 10.5. The van der Waals surface area contributed by atoms with E-state index in [1.807, 2.05) is 42.2 Å². The van der Waals surface area contributed by atoms with Crippen molar-refractivity contribution in [3.05, 3.63) is 48.2 Å². The predicted molar refractivity (Wildman–Crippen MR) is 105 cm³/mol. The van der Waals surface area contributed by atoms with Gasteiger partial charge in [0.2, 0.25) is 9.84 Å². The molecule has 0 unspecified atom stereocenters. The number of rotatable bonds is 4. The topological polar surface area (TPSA) is 90.2 Å². The monoisotopic (exact) mass is 399 g/mol. The Kier molecular flexibility index (Phi) is 4.86. The molecule has 0 amide bonds. The average molecular weight is 399 g/mol. The van der Waals surface area contributed by atoms with Crippen LogP contribution in [-0.2, 0) is 14.6 Å². The lowest BCUT2D eigenvalue weighted by atomic mass is 10.1. The predicted octanol–water partition coefficient (Wildman–Crippen LogP) is 1.88. The van der Waals surface area contributed by atoms with Crippen LogP contribution in [0.5, 0.6) is 0 Å². The first-order valence-electron chi connectivity index (χ1n) is 8.95. The molecule has 146 valence electrons. The zero-order valence-corrected chi connectivity index (χ0v) is 16.6. The van der Waals surface area contributed by atoms with Gasteiger partial charge in [0, 0.05) is 37.2 Å². The van der Waals surface area contributed by atoms with Gasteiger partial charge in [0.1, 0.15) is 5.82 Å². The molecule has 0 atom stereocenters. The third-order valence-corrected chi connectivity index (χ3v) is 5.33. The molecule has 0 spiro atoms. The molecule has 8 nitrogen and oxygen atoms in total. The Labute approximate surface area is 163 Å². The van der Waals surface area contributed by atoms with E-state index < -0.39 is 9.84 Å². The number of aromatic nitrogens is 4. The molecule has 3 heterocycles. The van der Waals surface area contributed by atoms with Crippen LogP contribution in [0.2, 0.25) is 0 Å². The summed E-state index contributed by atoms with van der Waals surface area (Å²) in [6.45, 7) is 4.47. The van der Waals surface area contributed by atoms with Crippen LogP contribution in [0.1, 0.15) is 5.56 Å². The van der Waals surface area contributed by atoms with E-state index in [9.17, 15) is 8.42 Å². The molecule has 1 saturated heterocycles. The minimum absolute atomic E-state index is 0.209. The molecule has 28 heavy (non-hydrogen) atoms. The van der Waals surface area contributed by atoms with Crippen molar-refractivity contribution in [3.63, 3.8) is 0 Å². The summed E-state index contributed by atoms with van der Waals surface area (Å²) in [6, 6.07) is 11.7. The summed E-state index contributed by atoms with van der Waals surface area (Å²) in [5.41, 5.74) is 2.92. The Morgan fingerprint density at radius 3 is 2.50 bits per heavy atom. The zero-order chi connectivity index (χ0) is 19.7. The van der Waals surface area contributed by atoms with Gasteiger partial charge in [-0.3, -0.25) is 0 Å². The van der Waals surface area contributed by atoms with E-state index in [0.29, 0.717) is 37.9 Å². The molecule has 0 saturated carbocycles. The van der Waals surface area contributed by atoms with Gasteiger partial charge in [0.25, 0.3) is 5.16 Å². The number of benzene rings is 1. The summed E-state index contributed by atoms with van der Waals surface area (Å²) >= 11 is 0. The van der Waals surface area contributed by atoms with E-state index in [1.54, 1.807) is 16.9 Å². The lowest BCUT2D eigenvalue weighted by molar-refractivity contribution is 0.122. The maximum absolute atomic E-state index is 12.1.